The molecule has 4 aliphatic rings. The zero-order valence-electron chi connectivity index (χ0n) is 52.9. The van der Waals surface area contributed by atoms with E-state index in [1.807, 2.05) is 128 Å². The molecular formula is C72H74N10O10. The number of hydrogen-bond donors (Lipinski definition) is 10. The maximum atomic E-state index is 12.5. The number of carboxylic acid groups (broad SMARTS) is 4. The smallest absolute Gasteiger partial charge is 0.322 e. The van der Waals surface area contributed by atoms with Gasteiger partial charge < -0.3 is 51.0 Å². The molecule has 20 nitrogen and oxygen atoms in total. The van der Waals surface area contributed by atoms with Crippen LogP contribution in [0.5, 0.6) is 0 Å². The summed E-state index contributed by atoms with van der Waals surface area (Å²) in [4.78, 5) is 104. The second-order valence-corrected chi connectivity index (χ2v) is 23.0. The molecule has 16 bridgehead atoms. The molecule has 92 heavy (non-hydrogen) atoms. The molecule has 0 atom stereocenters. The van der Waals surface area contributed by atoms with E-state index in [2.05, 4.69) is 56.9 Å². The summed E-state index contributed by atoms with van der Waals surface area (Å²) in [5.74, 6) is -4.80. The van der Waals surface area contributed by atoms with Gasteiger partial charge in [-0.05, 0) is 196 Å². The maximum absolute atomic E-state index is 12.5. The second-order valence-electron chi connectivity index (χ2n) is 23.0. The van der Waals surface area contributed by atoms with Crippen molar-refractivity contribution in [3.63, 3.8) is 0 Å². The minimum Gasteiger partial charge on any atom is -0.481 e. The number of amides is 2. The fourth-order valence-corrected chi connectivity index (χ4v) is 12.1. The number of hydrogen-bond acceptors (Lipinski definition) is 10. The van der Waals surface area contributed by atoms with Crippen LogP contribution in [0.15, 0.2) is 74.8 Å². The largest absolute Gasteiger partial charge is 0.481 e. The predicted octanol–water partition coefficient (Wildman–Crippen LogP) is 13.8. The fourth-order valence-electron chi connectivity index (χ4n) is 12.1. The lowest BCUT2D eigenvalue weighted by molar-refractivity contribution is -0.138. The number of aliphatic carboxylic acids is 4. The van der Waals surface area contributed by atoms with E-state index in [9.17, 15) is 39.0 Å². The molecule has 10 heterocycles. The van der Waals surface area contributed by atoms with Gasteiger partial charge >= 0.3 is 23.9 Å². The summed E-state index contributed by atoms with van der Waals surface area (Å²) in [7, 11) is 0. The van der Waals surface area contributed by atoms with Crippen molar-refractivity contribution in [2.24, 2.45) is 0 Å². The number of fused-ring (bicyclic) bond motifs is 16. The zero-order valence-corrected chi connectivity index (χ0v) is 52.9. The average Bonchev–Trinajstić information content (AvgIpc) is 1.68. The van der Waals surface area contributed by atoms with E-state index in [-0.39, 0.29) is 50.3 Å². The quantitative estimate of drug-likeness (QED) is 0.0340. The van der Waals surface area contributed by atoms with Crippen molar-refractivity contribution < 1.29 is 49.2 Å². The highest BCUT2D eigenvalue weighted by atomic mass is 16.4. The molecule has 6 aromatic heterocycles. The molecule has 2 amide bonds. The van der Waals surface area contributed by atoms with Crippen molar-refractivity contribution in [3.8, 4) is 0 Å². The number of nitrogens with one attached hydrogen (secondary N) is 6. The van der Waals surface area contributed by atoms with Crippen LogP contribution < -0.4 is 10.6 Å². The molecule has 6 aromatic rings. The normalized spacial score (nSPS) is 12.8. The number of carboxylic acids is 4. The third-order valence-electron chi connectivity index (χ3n) is 17.3. The van der Waals surface area contributed by atoms with Gasteiger partial charge in [0.05, 0.1) is 45.6 Å². The van der Waals surface area contributed by atoms with Crippen molar-refractivity contribution in [3.05, 3.63) is 165 Å². The van der Waals surface area contributed by atoms with Gasteiger partial charge in [0.15, 0.2) is 0 Å². The molecule has 10 N–H and O–H groups in total. The summed E-state index contributed by atoms with van der Waals surface area (Å²) in [5.41, 5.74) is 26.8. The number of nitrogens with zero attached hydrogens (tertiary/aromatic N) is 4. The molecule has 0 fully saturated rings. The van der Waals surface area contributed by atoms with Crippen LogP contribution in [0.25, 0.3) is 113 Å². The van der Waals surface area contributed by atoms with Gasteiger partial charge in [0.2, 0.25) is 11.8 Å². The highest BCUT2D eigenvalue weighted by molar-refractivity contribution is 6.00. The Bertz CT molecular complexity index is 4700. The maximum Gasteiger partial charge on any atom is 0.322 e. The Balaban J connectivity index is 0.000000217. The Morgan fingerprint density at radius 2 is 0.587 bits per heavy atom. The van der Waals surface area contributed by atoms with E-state index in [0.29, 0.717) is 58.4 Å². The Morgan fingerprint density at radius 1 is 0.348 bits per heavy atom. The Kier molecular flexibility index (Phi) is 19.5. The lowest BCUT2D eigenvalue weighted by Gasteiger charge is -2.06. The summed E-state index contributed by atoms with van der Waals surface area (Å²) in [5, 5.41) is 41.8. The van der Waals surface area contributed by atoms with E-state index in [1.54, 1.807) is 0 Å². The lowest BCUT2D eigenvalue weighted by atomic mass is 9.98. The van der Waals surface area contributed by atoms with Crippen LogP contribution in [0, 0.1) is 27.7 Å². The minimum atomic E-state index is -1.12. The number of aromatic amines is 4. The number of aromatic nitrogens is 8. The van der Waals surface area contributed by atoms with Gasteiger partial charge in [-0.2, -0.15) is 0 Å². The molecule has 0 aromatic carbocycles. The first kappa shape index (κ1) is 65.4. The van der Waals surface area contributed by atoms with Crippen molar-refractivity contribution in [2.75, 3.05) is 13.1 Å². The molecule has 472 valence electrons. The predicted molar refractivity (Wildman–Crippen MR) is 365 cm³/mol. The highest BCUT2D eigenvalue weighted by Gasteiger charge is 2.26. The molecule has 0 radical (unpaired) electrons. The second kappa shape index (κ2) is 27.4. The van der Waals surface area contributed by atoms with Crippen LogP contribution in [0.3, 0.4) is 0 Å². The Morgan fingerprint density at radius 3 is 0.837 bits per heavy atom. The number of rotatable bonds is 20. The minimum absolute atomic E-state index is 0.0597. The number of aryl methyl sites for hydroxylation is 4. The lowest BCUT2D eigenvalue weighted by Crippen LogP contribution is -2.28. The number of carbonyl (C=O) groups excluding carboxylic acids is 2. The first-order valence-electron chi connectivity index (χ1n) is 30.1. The average molecular weight is 1240 g/mol. The SMILES string of the molecule is C=Cc1c(C)c2cc3[nH]c(cc4nc(cc5nc(cc1[nH]2)C(C)=C5CCC(=O)NCC(=O)O)C(CCC(=O)O)=C4C)c(C)c3C=C.C=Cc1c(C)c2cc3[nH]c(cc4nc(cc5nc(cc1[nH]2)C(C)=C5CCC(=O)O)C(CCC(=O)NCC(=O)O)=C4C)c(C)c3C=C. The van der Waals surface area contributed by atoms with Crippen LogP contribution in [0.2, 0.25) is 0 Å². The van der Waals surface area contributed by atoms with Gasteiger partial charge in [-0.15, -0.1) is 0 Å². The van der Waals surface area contributed by atoms with Crippen molar-refractivity contribution in [1.29, 1.82) is 0 Å². The summed E-state index contributed by atoms with van der Waals surface area (Å²) >= 11 is 0. The Hall–Kier alpha value is -11.0. The van der Waals surface area contributed by atoms with Gasteiger partial charge in [0, 0.05) is 92.1 Å². The van der Waals surface area contributed by atoms with E-state index in [0.717, 1.165) is 133 Å². The Labute approximate surface area is 530 Å². The third kappa shape index (κ3) is 13.7. The number of carbonyl (C=O) groups is 6. The molecule has 4 aliphatic heterocycles. The monoisotopic (exact) mass is 1240 g/mol. The third-order valence-corrected chi connectivity index (χ3v) is 17.3. The standard InChI is InChI=1S/2C36H37N5O5/c1-7-22-18(3)26-13-27-21(6)25(10-12-35(43)44)33(40-27)16-32-24(9-11-34(42)37-17-36(45)46)20(5)29(41-32)15-31-23(8-2)19(4)28(39-31)14-30(22)38-26;1-7-22-18(3)26-13-27-20(5)24(9-11-34(42)37-17-36(45)46)32(40-27)16-33-25(10-12-35(43)44)21(6)29(41-33)15-31-23(8-2)19(4)28(39-31)14-30(22)38-26/h2*7-8,13-16,38-39H,1-2,9-12,17H2,3-6H3,(H,37,42)(H,43,44)(H,45,46). The summed E-state index contributed by atoms with van der Waals surface area (Å²) in [6.45, 7) is 31.2. The summed E-state index contributed by atoms with van der Waals surface area (Å²) in [6.07, 6.45) is 8.49. The van der Waals surface area contributed by atoms with Crippen LogP contribution in [0.4, 0.5) is 0 Å². The topological polar surface area (TPSA) is 322 Å². The van der Waals surface area contributed by atoms with Crippen LogP contribution in [-0.4, -0.2) is 109 Å². The molecule has 0 spiro atoms. The van der Waals surface area contributed by atoms with Gasteiger partial charge in [0.25, 0.3) is 0 Å². The highest BCUT2D eigenvalue weighted by Crippen LogP contribution is 2.41. The molecule has 20 heteroatoms. The number of allylic oxidation sites excluding steroid dienone is 8. The van der Waals surface area contributed by atoms with Gasteiger partial charge in [-0.3, -0.25) is 28.8 Å². The van der Waals surface area contributed by atoms with Gasteiger partial charge in [-0.25, -0.2) is 19.9 Å². The van der Waals surface area contributed by atoms with E-state index in [4.69, 9.17) is 30.1 Å². The first-order valence-corrected chi connectivity index (χ1v) is 30.1. The van der Waals surface area contributed by atoms with E-state index < -0.39 is 37.0 Å². The first-order chi connectivity index (χ1) is 43.8. The van der Waals surface area contributed by atoms with Crippen LogP contribution in [0.1, 0.15) is 169 Å². The van der Waals surface area contributed by atoms with Crippen LogP contribution >= 0.6 is 0 Å². The van der Waals surface area contributed by atoms with Crippen LogP contribution in [-0.2, 0) is 28.8 Å². The zero-order chi connectivity index (χ0) is 66.6. The van der Waals surface area contributed by atoms with Crippen molar-refractivity contribution >= 4 is 149 Å². The van der Waals surface area contributed by atoms with Crippen molar-refractivity contribution in [2.45, 2.75) is 107 Å². The molecular weight excluding hydrogens is 1160 g/mol. The van der Waals surface area contributed by atoms with E-state index in [1.165, 1.54) is 0 Å². The molecule has 0 aliphatic carbocycles. The summed E-state index contributed by atoms with van der Waals surface area (Å²) in [6, 6.07) is 15.7. The molecule has 0 saturated carbocycles. The van der Waals surface area contributed by atoms with Gasteiger partial charge in [0.1, 0.15) is 13.1 Å². The molecule has 0 saturated heterocycles. The van der Waals surface area contributed by atoms with Gasteiger partial charge in [-0.1, -0.05) is 50.6 Å². The fraction of sp³-hybridized carbons (Fsp3) is 0.250. The summed E-state index contributed by atoms with van der Waals surface area (Å²) < 4.78 is 0. The van der Waals surface area contributed by atoms with Crippen molar-refractivity contribution in [1.82, 2.24) is 50.5 Å². The molecule has 10 rings (SSSR count). The number of H-pyrrole nitrogens is 4. The van der Waals surface area contributed by atoms with E-state index >= 15 is 0 Å². The molecule has 0 unspecified atom stereocenters.